The second-order valence-electron chi connectivity index (χ2n) is 4.90. The largest absolute Gasteiger partial charge is 0.314 e. The molecule has 0 aromatic heterocycles. The van der Waals surface area contributed by atoms with E-state index in [4.69, 9.17) is 0 Å². The van der Waals surface area contributed by atoms with Gasteiger partial charge >= 0.3 is 0 Å². The maximum absolute atomic E-state index is 3.56. The Balaban J connectivity index is 3.37. The fourth-order valence-corrected chi connectivity index (χ4v) is 1.34. The van der Waals surface area contributed by atoms with Crippen molar-refractivity contribution in [2.24, 2.45) is 5.92 Å². The van der Waals surface area contributed by atoms with Crippen molar-refractivity contribution in [3.8, 4) is 0 Å². The molecule has 0 fully saturated rings. The molecule has 84 valence electrons. The predicted molar refractivity (Wildman–Crippen MR) is 65.6 cm³/mol. The average Bonchev–Trinajstić information content (AvgIpc) is 2.02. The maximum Gasteiger partial charge on any atom is 0.00416 e. The molecule has 1 N–H and O–H groups in total. The van der Waals surface area contributed by atoms with Gasteiger partial charge in [0.05, 0.1) is 0 Å². The van der Waals surface area contributed by atoms with Crippen LogP contribution in [0, 0.1) is 5.92 Å². The van der Waals surface area contributed by atoms with E-state index >= 15 is 0 Å². The van der Waals surface area contributed by atoms with E-state index in [1.54, 1.807) is 0 Å². The Bertz CT molecular complexity index is 155. The van der Waals surface area contributed by atoms with Gasteiger partial charge in [-0.2, -0.15) is 0 Å². The summed E-state index contributed by atoms with van der Waals surface area (Å²) in [4.78, 5) is 0. The van der Waals surface area contributed by atoms with Crippen molar-refractivity contribution < 1.29 is 0 Å². The van der Waals surface area contributed by atoms with Crippen molar-refractivity contribution >= 4 is 0 Å². The lowest BCUT2D eigenvalue weighted by atomic mass is 10.1. The van der Waals surface area contributed by atoms with Gasteiger partial charge in [-0.05, 0) is 52.5 Å². The zero-order chi connectivity index (χ0) is 11.0. The van der Waals surface area contributed by atoms with E-state index in [2.05, 4.69) is 46.0 Å². The van der Waals surface area contributed by atoms with Crippen LogP contribution < -0.4 is 5.32 Å². The van der Waals surface area contributed by atoms with Gasteiger partial charge in [0.25, 0.3) is 0 Å². The molecule has 0 rings (SSSR count). The van der Waals surface area contributed by atoms with Gasteiger partial charge in [0, 0.05) is 6.04 Å². The highest BCUT2D eigenvalue weighted by molar-refractivity contribution is 4.93. The SMILES string of the molecule is CC(C)=CCC[C@H](C)NCCC(C)C. The van der Waals surface area contributed by atoms with E-state index in [-0.39, 0.29) is 0 Å². The van der Waals surface area contributed by atoms with Crippen molar-refractivity contribution in [1.82, 2.24) is 5.32 Å². The van der Waals surface area contributed by atoms with E-state index in [0.717, 1.165) is 12.5 Å². The van der Waals surface area contributed by atoms with Gasteiger partial charge in [0.2, 0.25) is 0 Å². The topological polar surface area (TPSA) is 12.0 Å². The summed E-state index contributed by atoms with van der Waals surface area (Å²) in [5.41, 5.74) is 1.43. The van der Waals surface area contributed by atoms with Crippen molar-refractivity contribution in [2.45, 2.75) is 59.9 Å². The first-order valence-electron chi connectivity index (χ1n) is 5.89. The van der Waals surface area contributed by atoms with Crippen LogP contribution in [0.1, 0.15) is 53.9 Å². The lowest BCUT2D eigenvalue weighted by molar-refractivity contribution is 0.471. The third-order valence-electron chi connectivity index (χ3n) is 2.37. The highest BCUT2D eigenvalue weighted by Gasteiger charge is 2.00. The second-order valence-corrected chi connectivity index (χ2v) is 4.90. The number of nitrogens with one attached hydrogen (secondary N) is 1. The van der Waals surface area contributed by atoms with Crippen LogP contribution in [0.5, 0.6) is 0 Å². The van der Waals surface area contributed by atoms with E-state index < -0.39 is 0 Å². The summed E-state index contributed by atoms with van der Waals surface area (Å²) in [5, 5.41) is 3.56. The standard InChI is InChI=1S/C13H27N/c1-11(2)7-6-8-13(5)14-10-9-12(3)4/h7,12-14H,6,8-10H2,1-5H3/t13-/m0/s1. The third kappa shape index (κ3) is 9.79. The smallest absolute Gasteiger partial charge is 0.00416 e. The molecule has 0 unspecified atom stereocenters. The molecule has 0 spiro atoms. The molecule has 0 saturated heterocycles. The molecule has 0 heterocycles. The lowest BCUT2D eigenvalue weighted by Crippen LogP contribution is -2.27. The van der Waals surface area contributed by atoms with E-state index in [9.17, 15) is 0 Å². The molecule has 0 bridgehead atoms. The van der Waals surface area contributed by atoms with Crippen molar-refractivity contribution in [3.63, 3.8) is 0 Å². The maximum atomic E-state index is 3.56. The number of hydrogen-bond donors (Lipinski definition) is 1. The van der Waals surface area contributed by atoms with Crippen LogP contribution in [-0.2, 0) is 0 Å². The highest BCUT2D eigenvalue weighted by Crippen LogP contribution is 2.02. The molecule has 0 saturated carbocycles. The van der Waals surface area contributed by atoms with Crippen molar-refractivity contribution in [3.05, 3.63) is 11.6 Å². The number of hydrogen-bond acceptors (Lipinski definition) is 1. The minimum Gasteiger partial charge on any atom is -0.314 e. The first kappa shape index (κ1) is 13.7. The fourth-order valence-electron chi connectivity index (χ4n) is 1.34. The summed E-state index contributed by atoms with van der Waals surface area (Å²) in [6, 6.07) is 0.657. The summed E-state index contributed by atoms with van der Waals surface area (Å²) < 4.78 is 0. The number of allylic oxidation sites excluding steroid dienone is 2. The molecule has 14 heavy (non-hydrogen) atoms. The molecular formula is C13H27N. The Labute approximate surface area is 90.0 Å². The van der Waals surface area contributed by atoms with E-state index in [1.165, 1.54) is 24.8 Å². The van der Waals surface area contributed by atoms with Crippen LogP contribution in [0.25, 0.3) is 0 Å². The number of rotatable bonds is 7. The molecule has 0 aliphatic carbocycles. The van der Waals surface area contributed by atoms with E-state index in [1.807, 2.05) is 0 Å². The highest BCUT2D eigenvalue weighted by atomic mass is 14.9. The van der Waals surface area contributed by atoms with Crippen LogP contribution in [0.3, 0.4) is 0 Å². The van der Waals surface area contributed by atoms with Crippen LogP contribution in [0.2, 0.25) is 0 Å². The summed E-state index contributed by atoms with van der Waals surface area (Å²) >= 11 is 0. The Morgan fingerprint density at radius 3 is 2.29 bits per heavy atom. The molecule has 0 aliphatic rings. The van der Waals surface area contributed by atoms with Crippen LogP contribution in [0.15, 0.2) is 11.6 Å². The molecule has 1 heteroatoms. The van der Waals surface area contributed by atoms with Gasteiger partial charge in [-0.15, -0.1) is 0 Å². The second kappa shape index (κ2) is 8.05. The molecule has 1 atom stereocenters. The average molecular weight is 197 g/mol. The van der Waals surface area contributed by atoms with Gasteiger partial charge in [0.1, 0.15) is 0 Å². The predicted octanol–water partition coefficient (Wildman–Crippen LogP) is 3.76. The van der Waals surface area contributed by atoms with Crippen LogP contribution >= 0.6 is 0 Å². The fraction of sp³-hybridized carbons (Fsp3) is 0.846. The Morgan fingerprint density at radius 1 is 1.14 bits per heavy atom. The minimum absolute atomic E-state index is 0.657. The summed E-state index contributed by atoms with van der Waals surface area (Å²) in [5.74, 6) is 0.812. The molecule has 0 aromatic carbocycles. The van der Waals surface area contributed by atoms with E-state index in [0.29, 0.717) is 6.04 Å². The quantitative estimate of drug-likeness (QED) is 0.613. The van der Waals surface area contributed by atoms with Gasteiger partial charge in [-0.25, -0.2) is 0 Å². The Morgan fingerprint density at radius 2 is 1.79 bits per heavy atom. The third-order valence-corrected chi connectivity index (χ3v) is 2.37. The first-order valence-corrected chi connectivity index (χ1v) is 5.89. The van der Waals surface area contributed by atoms with Crippen molar-refractivity contribution in [1.29, 1.82) is 0 Å². The van der Waals surface area contributed by atoms with Crippen LogP contribution in [-0.4, -0.2) is 12.6 Å². The molecule has 0 aliphatic heterocycles. The summed E-state index contributed by atoms with van der Waals surface area (Å²) in [7, 11) is 0. The molecule has 1 nitrogen and oxygen atoms in total. The normalized spacial score (nSPS) is 13.0. The zero-order valence-corrected chi connectivity index (χ0v) is 10.6. The van der Waals surface area contributed by atoms with Gasteiger partial charge in [-0.1, -0.05) is 25.5 Å². The van der Waals surface area contributed by atoms with Gasteiger partial charge < -0.3 is 5.32 Å². The molecular weight excluding hydrogens is 170 g/mol. The first-order chi connectivity index (χ1) is 6.52. The summed E-state index contributed by atoms with van der Waals surface area (Å²) in [6.07, 6.45) is 6.06. The van der Waals surface area contributed by atoms with Gasteiger partial charge in [0.15, 0.2) is 0 Å². The Hall–Kier alpha value is -0.300. The van der Waals surface area contributed by atoms with Crippen molar-refractivity contribution in [2.75, 3.05) is 6.54 Å². The molecule has 0 aromatic rings. The minimum atomic E-state index is 0.657. The van der Waals surface area contributed by atoms with Gasteiger partial charge in [-0.3, -0.25) is 0 Å². The Kier molecular flexibility index (Phi) is 7.87. The monoisotopic (exact) mass is 197 g/mol. The van der Waals surface area contributed by atoms with Crippen LogP contribution in [0.4, 0.5) is 0 Å². The molecule has 0 radical (unpaired) electrons. The lowest BCUT2D eigenvalue weighted by Gasteiger charge is -2.13. The molecule has 0 amide bonds. The summed E-state index contributed by atoms with van der Waals surface area (Å²) in [6.45, 7) is 12.3. The zero-order valence-electron chi connectivity index (χ0n) is 10.6.